The van der Waals surface area contributed by atoms with Crippen LogP contribution in [0.15, 0.2) is 77.7 Å². The molecule has 1 atom stereocenters. The van der Waals surface area contributed by atoms with E-state index in [-0.39, 0.29) is 22.7 Å². The highest BCUT2D eigenvalue weighted by atomic mass is 35.5. The van der Waals surface area contributed by atoms with Crippen LogP contribution < -0.4 is 9.62 Å². The summed E-state index contributed by atoms with van der Waals surface area (Å²) < 4.78 is 42.8. The molecule has 0 fully saturated rings. The van der Waals surface area contributed by atoms with Gasteiger partial charge in [0.15, 0.2) is 0 Å². The van der Waals surface area contributed by atoms with Gasteiger partial charge in [0.05, 0.1) is 10.6 Å². The summed E-state index contributed by atoms with van der Waals surface area (Å²) in [5, 5.41) is 3.03. The van der Waals surface area contributed by atoms with Gasteiger partial charge in [0.25, 0.3) is 10.0 Å². The molecule has 0 aliphatic carbocycles. The zero-order valence-corrected chi connectivity index (χ0v) is 22.4. The van der Waals surface area contributed by atoms with Gasteiger partial charge in [-0.3, -0.25) is 13.9 Å². The van der Waals surface area contributed by atoms with Crippen LogP contribution in [-0.4, -0.2) is 44.3 Å². The third-order valence-corrected chi connectivity index (χ3v) is 7.86. The number of hydrogen-bond donors (Lipinski definition) is 1. The lowest BCUT2D eigenvalue weighted by atomic mass is 10.1. The minimum atomic E-state index is -4.20. The van der Waals surface area contributed by atoms with E-state index in [1.165, 1.54) is 54.3 Å². The number of sulfonamides is 1. The van der Waals surface area contributed by atoms with Gasteiger partial charge < -0.3 is 10.2 Å². The summed E-state index contributed by atoms with van der Waals surface area (Å²) in [5.74, 6) is -1.64. The maximum atomic E-state index is 14.5. The van der Waals surface area contributed by atoms with Crippen molar-refractivity contribution >= 4 is 39.1 Å². The third-order valence-electron chi connectivity index (χ3n) is 5.82. The summed E-state index contributed by atoms with van der Waals surface area (Å²) in [7, 11) is -4.20. The second-order valence-electron chi connectivity index (χ2n) is 8.48. The Balaban J connectivity index is 2.03. The van der Waals surface area contributed by atoms with E-state index in [9.17, 15) is 22.4 Å². The largest absolute Gasteiger partial charge is 0.355 e. The predicted octanol–water partition coefficient (Wildman–Crippen LogP) is 4.54. The van der Waals surface area contributed by atoms with Gasteiger partial charge in [-0.05, 0) is 63.2 Å². The van der Waals surface area contributed by atoms with E-state index in [1.54, 1.807) is 37.3 Å². The van der Waals surface area contributed by atoms with Gasteiger partial charge in [-0.2, -0.15) is 0 Å². The van der Waals surface area contributed by atoms with Gasteiger partial charge >= 0.3 is 0 Å². The third kappa shape index (κ3) is 6.87. The van der Waals surface area contributed by atoms with E-state index in [2.05, 4.69) is 5.32 Å². The van der Waals surface area contributed by atoms with Crippen molar-refractivity contribution in [2.24, 2.45) is 0 Å². The number of amides is 2. The molecule has 0 heterocycles. The first-order chi connectivity index (χ1) is 17.5. The van der Waals surface area contributed by atoms with Crippen molar-refractivity contribution in [2.45, 2.75) is 38.3 Å². The fraction of sp³-hybridized carbons (Fsp3) is 0.259. The first-order valence-electron chi connectivity index (χ1n) is 11.7. The summed E-state index contributed by atoms with van der Waals surface area (Å²) in [6.45, 7) is 4.64. The molecular formula is C27H29ClFN3O4S. The van der Waals surface area contributed by atoms with E-state index in [4.69, 9.17) is 11.6 Å². The van der Waals surface area contributed by atoms with Crippen molar-refractivity contribution in [3.05, 3.63) is 94.8 Å². The van der Waals surface area contributed by atoms with Crippen molar-refractivity contribution in [2.75, 3.05) is 17.4 Å². The molecule has 0 spiro atoms. The van der Waals surface area contributed by atoms with Gasteiger partial charge in [-0.15, -0.1) is 0 Å². The normalized spacial score (nSPS) is 12.0. The van der Waals surface area contributed by atoms with Crippen molar-refractivity contribution in [1.29, 1.82) is 0 Å². The number of halogens is 2. The lowest BCUT2D eigenvalue weighted by Crippen LogP contribution is -2.51. The van der Waals surface area contributed by atoms with Crippen LogP contribution in [0.2, 0.25) is 5.02 Å². The van der Waals surface area contributed by atoms with Crippen LogP contribution in [0.25, 0.3) is 0 Å². The number of anilines is 1. The molecule has 3 rings (SSSR count). The molecule has 0 aliphatic heterocycles. The second-order valence-corrected chi connectivity index (χ2v) is 10.8. The Morgan fingerprint density at radius 3 is 2.22 bits per heavy atom. The summed E-state index contributed by atoms with van der Waals surface area (Å²) in [5.41, 5.74) is 1.38. The van der Waals surface area contributed by atoms with Crippen LogP contribution in [-0.2, 0) is 26.2 Å². The molecule has 3 aromatic carbocycles. The van der Waals surface area contributed by atoms with Crippen LogP contribution in [0.1, 0.15) is 25.0 Å². The Morgan fingerprint density at radius 2 is 1.62 bits per heavy atom. The standard InChI is InChI=1S/C27H29ClFN3O4S/c1-4-30-27(34)20(3)31(17-21-7-5-6-8-25(21)29)26(33)18-32(23-13-9-19(2)10-14-23)37(35,36)24-15-11-22(28)12-16-24/h5-16,20H,4,17-18H2,1-3H3,(H,30,34)/t20-/m1/s1. The molecule has 1 N–H and O–H groups in total. The van der Waals surface area contributed by atoms with E-state index < -0.39 is 40.2 Å². The van der Waals surface area contributed by atoms with Crippen LogP contribution >= 0.6 is 11.6 Å². The van der Waals surface area contributed by atoms with Gasteiger partial charge in [0.2, 0.25) is 11.8 Å². The smallest absolute Gasteiger partial charge is 0.264 e. The first-order valence-corrected chi connectivity index (χ1v) is 13.5. The van der Waals surface area contributed by atoms with E-state index in [1.807, 2.05) is 6.92 Å². The molecular weight excluding hydrogens is 517 g/mol. The summed E-state index contributed by atoms with van der Waals surface area (Å²) in [4.78, 5) is 27.5. The number of hydrogen-bond acceptors (Lipinski definition) is 4. The van der Waals surface area contributed by atoms with Gasteiger partial charge in [-0.25, -0.2) is 12.8 Å². The number of carbonyl (C=O) groups excluding carboxylic acids is 2. The molecule has 0 bridgehead atoms. The minimum Gasteiger partial charge on any atom is -0.355 e. The van der Waals surface area contributed by atoms with Crippen LogP contribution in [0, 0.1) is 12.7 Å². The molecule has 7 nitrogen and oxygen atoms in total. The topological polar surface area (TPSA) is 86.8 Å². The Kier molecular flexibility index (Phi) is 9.29. The molecule has 3 aromatic rings. The lowest BCUT2D eigenvalue weighted by Gasteiger charge is -2.32. The maximum absolute atomic E-state index is 14.5. The van der Waals surface area contributed by atoms with Crippen molar-refractivity contribution in [3.63, 3.8) is 0 Å². The number of aryl methyl sites for hydroxylation is 1. The number of likely N-dealkylation sites (N-methyl/N-ethyl adjacent to an activating group) is 1. The van der Waals surface area contributed by atoms with Gasteiger partial charge in [0.1, 0.15) is 18.4 Å². The fourth-order valence-electron chi connectivity index (χ4n) is 3.69. The van der Waals surface area contributed by atoms with Crippen LogP contribution in [0.4, 0.5) is 10.1 Å². The molecule has 10 heteroatoms. The Labute approximate surface area is 221 Å². The number of nitrogens with zero attached hydrogens (tertiary/aromatic N) is 2. The number of nitrogens with one attached hydrogen (secondary N) is 1. The average Bonchev–Trinajstić information content (AvgIpc) is 2.87. The Hall–Kier alpha value is -3.43. The van der Waals surface area contributed by atoms with Crippen molar-refractivity contribution < 1.29 is 22.4 Å². The lowest BCUT2D eigenvalue weighted by molar-refractivity contribution is -0.139. The Bertz CT molecular complexity index is 1350. The molecule has 0 aromatic heterocycles. The Morgan fingerprint density at radius 1 is 1.00 bits per heavy atom. The number of carbonyl (C=O) groups is 2. The van der Waals surface area contributed by atoms with Gasteiger partial charge in [-0.1, -0.05) is 47.5 Å². The SMILES string of the molecule is CCNC(=O)[C@@H](C)N(Cc1ccccc1F)C(=O)CN(c1ccc(C)cc1)S(=O)(=O)c1ccc(Cl)cc1. The highest BCUT2D eigenvalue weighted by Gasteiger charge is 2.32. The van der Waals surface area contributed by atoms with Crippen LogP contribution in [0.5, 0.6) is 0 Å². The predicted molar refractivity (Wildman–Crippen MR) is 142 cm³/mol. The molecule has 2 amide bonds. The molecule has 196 valence electrons. The average molecular weight is 546 g/mol. The van der Waals surface area contributed by atoms with Crippen LogP contribution in [0.3, 0.4) is 0 Å². The molecule has 0 radical (unpaired) electrons. The highest BCUT2D eigenvalue weighted by Crippen LogP contribution is 2.26. The second kappa shape index (κ2) is 12.2. The molecule has 0 saturated heterocycles. The maximum Gasteiger partial charge on any atom is 0.264 e. The van der Waals surface area contributed by atoms with Gasteiger partial charge in [0, 0.05) is 23.7 Å². The number of rotatable bonds is 10. The quantitative estimate of drug-likeness (QED) is 0.405. The van der Waals surface area contributed by atoms with E-state index >= 15 is 0 Å². The fourth-order valence-corrected chi connectivity index (χ4v) is 5.23. The zero-order valence-electron chi connectivity index (χ0n) is 20.8. The first kappa shape index (κ1) is 28.1. The summed E-state index contributed by atoms with van der Waals surface area (Å²) in [6, 6.07) is 17.2. The summed E-state index contributed by atoms with van der Waals surface area (Å²) >= 11 is 5.94. The molecule has 0 aliphatic rings. The molecule has 0 saturated carbocycles. The monoisotopic (exact) mass is 545 g/mol. The van der Waals surface area contributed by atoms with E-state index in [0.29, 0.717) is 11.6 Å². The summed E-state index contributed by atoms with van der Waals surface area (Å²) in [6.07, 6.45) is 0. The van der Waals surface area contributed by atoms with E-state index in [0.717, 1.165) is 9.87 Å². The molecule has 0 unspecified atom stereocenters. The van der Waals surface area contributed by atoms with Crippen molar-refractivity contribution in [1.82, 2.24) is 10.2 Å². The zero-order chi connectivity index (χ0) is 27.2. The van der Waals surface area contributed by atoms with Crippen molar-refractivity contribution in [3.8, 4) is 0 Å². The number of benzene rings is 3. The highest BCUT2D eigenvalue weighted by molar-refractivity contribution is 7.92. The molecule has 37 heavy (non-hydrogen) atoms. The minimum absolute atomic E-state index is 0.0531.